The number of likely N-dealkylation sites (N-methyl/N-ethyl adjacent to an activating group) is 1. The molecule has 1 aromatic heterocycles. The van der Waals surface area contributed by atoms with Crippen molar-refractivity contribution in [3.8, 4) is 0 Å². The van der Waals surface area contributed by atoms with Crippen molar-refractivity contribution in [3.63, 3.8) is 0 Å². The van der Waals surface area contributed by atoms with Crippen molar-refractivity contribution in [2.75, 3.05) is 40.3 Å². The first-order valence-electron chi connectivity index (χ1n) is 9.23. The van der Waals surface area contributed by atoms with Crippen LogP contribution >= 0.6 is 0 Å². The molecule has 2 bridgehead atoms. The van der Waals surface area contributed by atoms with Crippen molar-refractivity contribution in [3.05, 3.63) is 18.2 Å². The zero-order valence-electron chi connectivity index (χ0n) is 15.3. The van der Waals surface area contributed by atoms with Gasteiger partial charge in [-0.25, -0.2) is 4.98 Å². The molecule has 3 aliphatic heterocycles. The van der Waals surface area contributed by atoms with Crippen LogP contribution in [0.3, 0.4) is 0 Å². The lowest BCUT2D eigenvalue weighted by atomic mass is 9.95. The van der Waals surface area contributed by atoms with Crippen LogP contribution in [0.2, 0.25) is 0 Å². The normalized spacial score (nSPS) is 25.0. The number of amides is 1. The molecule has 0 N–H and O–H groups in total. The van der Waals surface area contributed by atoms with Crippen LogP contribution in [0.4, 0.5) is 0 Å². The summed E-state index contributed by atoms with van der Waals surface area (Å²) in [4.78, 5) is 23.3. The first kappa shape index (κ1) is 17.4. The minimum atomic E-state index is 0.210. The number of imidazole rings is 1. The molecule has 134 valence electrons. The Labute approximate surface area is 145 Å². The summed E-state index contributed by atoms with van der Waals surface area (Å²) in [6, 6.07) is 0.547. The van der Waals surface area contributed by atoms with E-state index in [9.17, 15) is 4.79 Å². The number of fused-ring (bicyclic) bond motifs is 4. The highest BCUT2D eigenvalue weighted by molar-refractivity contribution is 5.77. The van der Waals surface area contributed by atoms with Gasteiger partial charge in [0.1, 0.15) is 5.82 Å². The first-order chi connectivity index (χ1) is 11.6. The fraction of sp³-hybridized carbons (Fsp3) is 0.778. The van der Waals surface area contributed by atoms with Gasteiger partial charge in [-0.3, -0.25) is 14.6 Å². The predicted molar refractivity (Wildman–Crippen MR) is 94.6 cm³/mol. The summed E-state index contributed by atoms with van der Waals surface area (Å²) in [7, 11) is 3.68. The molecule has 0 radical (unpaired) electrons. The highest BCUT2D eigenvalue weighted by Crippen LogP contribution is 2.29. The Hall–Kier alpha value is -1.40. The summed E-state index contributed by atoms with van der Waals surface area (Å²) in [5, 5.41) is 0. The van der Waals surface area contributed by atoms with Crippen molar-refractivity contribution in [2.24, 2.45) is 5.92 Å². The molecule has 1 amide bonds. The number of aromatic nitrogens is 2. The second-order valence-corrected chi connectivity index (χ2v) is 7.55. The highest BCUT2D eigenvalue weighted by atomic mass is 16.2. The van der Waals surface area contributed by atoms with Crippen LogP contribution in [-0.4, -0.2) is 76.5 Å². The Balaban J connectivity index is 1.65. The van der Waals surface area contributed by atoms with Crippen LogP contribution < -0.4 is 0 Å². The minimum Gasteiger partial charge on any atom is -0.348 e. The molecule has 0 saturated carbocycles. The van der Waals surface area contributed by atoms with E-state index < -0.39 is 0 Å². The number of aryl methyl sites for hydroxylation is 1. The summed E-state index contributed by atoms with van der Waals surface area (Å²) < 4.78 is 2.28. The van der Waals surface area contributed by atoms with E-state index >= 15 is 0 Å². The van der Waals surface area contributed by atoms with Crippen molar-refractivity contribution in [1.82, 2.24) is 24.3 Å². The van der Waals surface area contributed by atoms with Gasteiger partial charge < -0.3 is 9.47 Å². The molecule has 0 spiro atoms. The smallest absolute Gasteiger partial charge is 0.236 e. The van der Waals surface area contributed by atoms with Gasteiger partial charge in [0.15, 0.2) is 0 Å². The summed E-state index contributed by atoms with van der Waals surface area (Å²) >= 11 is 0. The van der Waals surface area contributed by atoms with Gasteiger partial charge in [-0.15, -0.1) is 0 Å². The molecule has 0 aliphatic carbocycles. The van der Waals surface area contributed by atoms with Crippen LogP contribution in [0.25, 0.3) is 0 Å². The van der Waals surface area contributed by atoms with Crippen molar-refractivity contribution in [1.29, 1.82) is 0 Å². The lowest BCUT2D eigenvalue weighted by molar-refractivity contribution is -0.130. The molecule has 6 heteroatoms. The van der Waals surface area contributed by atoms with Crippen LogP contribution in [0, 0.1) is 5.92 Å². The maximum Gasteiger partial charge on any atom is 0.236 e. The van der Waals surface area contributed by atoms with E-state index in [0.717, 1.165) is 39.1 Å². The van der Waals surface area contributed by atoms with Gasteiger partial charge >= 0.3 is 0 Å². The highest BCUT2D eigenvalue weighted by Gasteiger charge is 2.35. The van der Waals surface area contributed by atoms with E-state index in [-0.39, 0.29) is 5.91 Å². The average Bonchev–Trinajstić information content (AvgIpc) is 2.78. The van der Waals surface area contributed by atoms with Gasteiger partial charge in [0, 0.05) is 58.7 Å². The maximum atomic E-state index is 12.1. The molecule has 3 aliphatic rings. The lowest BCUT2D eigenvalue weighted by Gasteiger charge is -2.36. The van der Waals surface area contributed by atoms with E-state index in [2.05, 4.69) is 32.5 Å². The van der Waals surface area contributed by atoms with Gasteiger partial charge in [0.25, 0.3) is 0 Å². The monoisotopic (exact) mass is 333 g/mol. The molecule has 24 heavy (non-hydrogen) atoms. The van der Waals surface area contributed by atoms with E-state index in [1.807, 2.05) is 20.3 Å². The zero-order chi connectivity index (χ0) is 17.1. The molecule has 0 unspecified atom stereocenters. The second kappa shape index (κ2) is 7.66. The summed E-state index contributed by atoms with van der Waals surface area (Å²) in [5.41, 5.74) is 0. The van der Waals surface area contributed by atoms with Crippen molar-refractivity contribution < 1.29 is 4.79 Å². The van der Waals surface area contributed by atoms with Crippen molar-refractivity contribution >= 4 is 5.91 Å². The Morgan fingerprint density at radius 3 is 2.88 bits per heavy atom. The van der Waals surface area contributed by atoms with Gasteiger partial charge in [-0.2, -0.15) is 0 Å². The molecular weight excluding hydrogens is 302 g/mol. The predicted octanol–water partition coefficient (Wildman–Crippen LogP) is 1.28. The molecular formula is C18H31N5O. The fourth-order valence-electron chi connectivity index (χ4n) is 4.05. The summed E-state index contributed by atoms with van der Waals surface area (Å²) in [6.45, 7) is 7.93. The molecule has 2 atom stereocenters. The van der Waals surface area contributed by atoms with E-state index in [4.69, 9.17) is 0 Å². The van der Waals surface area contributed by atoms with Crippen LogP contribution in [0.5, 0.6) is 0 Å². The van der Waals surface area contributed by atoms with Crippen LogP contribution in [0.1, 0.15) is 32.0 Å². The minimum absolute atomic E-state index is 0.210. The number of carbonyl (C=O) groups excluding carboxylic acids is 1. The number of hydrogen-bond acceptors (Lipinski definition) is 4. The Kier molecular flexibility index (Phi) is 5.56. The summed E-state index contributed by atoms with van der Waals surface area (Å²) in [6.07, 6.45) is 7.68. The lowest BCUT2D eigenvalue weighted by Crippen LogP contribution is -2.44. The maximum absolute atomic E-state index is 12.1. The summed E-state index contributed by atoms with van der Waals surface area (Å²) in [5.74, 6) is 2.06. The number of piperidine rings is 1. The second-order valence-electron chi connectivity index (χ2n) is 7.55. The Bertz CT molecular complexity index is 555. The third kappa shape index (κ3) is 3.98. The van der Waals surface area contributed by atoms with E-state index in [1.165, 1.54) is 18.7 Å². The quantitative estimate of drug-likeness (QED) is 0.787. The number of hydrogen-bond donors (Lipinski definition) is 0. The topological polar surface area (TPSA) is 44.6 Å². The Morgan fingerprint density at radius 1 is 1.29 bits per heavy atom. The molecule has 3 saturated heterocycles. The van der Waals surface area contributed by atoms with Crippen molar-refractivity contribution in [2.45, 2.75) is 45.3 Å². The first-order valence-corrected chi connectivity index (χ1v) is 9.23. The third-order valence-electron chi connectivity index (χ3n) is 5.37. The van der Waals surface area contributed by atoms with E-state index in [1.54, 1.807) is 4.90 Å². The fourth-order valence-corrected chi connectivity index (χ4v) is 4.05. The molecule has 0 aromatic carbocycles. The number of rotatable bonds is 6. The molecule has 4 heterocycles. The van der Waals surface area contributed by atoms with Crippen LogP contribution in [0.15, 0.2) is 12.4 Å². The molecule has 4 rings (SSSR count). The zero-order valence-corrected chi connectivity index (χ0v) is 15.3. The number of nitrogens with zero attached hydrogens (tertiary/aromatic N) is 5. The van der Waals surface area contributed by atoms with Gasteiger partial charge in [-0.1, -0.05) is 6.92 Å². The molecule has 1 aromatic rings. The third-order valence-corrected chi connectivity index (χ3v) is 5.37. The van der Waals surface area contributed by atoms with Gasteiger partial charge in [0.05, 0.1) is 13.1 Å². The van der Waals surface area contributed by atoms with E-state index in [0.29, 0.717) is 18.5 Å². The van der Waals surface area contributed by atoms with Crippen LogP contribution in [-0.2, 0) is 17.9 Å². The number of carbonyl (C=O) groups is 1. The SMILES string of the molecule is CCCn1ccnc1CN1C[C@H]2CC[C@@H]1CN(CC(=O)N(C)C)C2. The van der Waals surface area contributed by atoms with Gasteiger partial charge in [-0.05, 0) is 25.2 Å². The average molecular weight is 333 g/mol. The van der Waals surface area contributed by atoms with Gasteiger partial charge in [0.2, 0.25) is 5.91 Å². The molecule has 6 nitrogen and oxygen atoms in total. The standard InChI is InChI=1S/C18H31N5O/c1-4-8-22-9-7-19-17(22)13-23-11-15-5-6-16(23)12-21(10-15)14-18(24)20(2)3/h7,9,15-16H,4-6,8,10-14H2,1-3H3/t15-,16+/m0/s1. The Morgan fingerprint density at radius 2 is 2.12 bits per heavy atom. The molecule has 3 fully saturated rings. The largest absolute Gasteiger partial charge is 0.348 e.